The largest absolute Gasteiger partial charge is 0.347 e. The van der Waals surface area contributed by atoms with Crippen LogP contribution in [-0.2, 0) is 9.59 Å². The van der Waals surface area contributed by atoms with Crippen molar-refractivity contribution in [3.05, 3.63) is 0 Å². The first-order valence-corrected chi connectivity index (χ1v) is 4.89. The number of rotatable bonds is 3. The molecule has 0 bridgehead atoms. The van der Waals surface area contributed by atoms with Crippen molar-refractivity contribution in [2.24, 2.45) is 11.1 Å². The van der Waals surface area contributed by atoms with E-state index < -0.39 is 6.04 Å². The van der Waals surface area contributed by atoms with E-state index in [4.69, 9.17) is 5.73 Å². The molecule has 0 aromatic carbocycles. The lowest BCUT2D eigenvalue weighted by Crippen LogP contribution is -2.50. The summed E-state index contributed by atoms with van der Waals surface area (Å²) in [5, 5.41) is 2.51. The van der Waals surface area contributed by atoms with Crippen LogP contribution in [0.5, 0.6) is 0 Å². The lowest BCUT2D eigenvalue weighted by molar-refractivity contribution is -0.132. The van der Waals surface area contributed by atoms with Crippen molar-refractivity contribution >= 4 is 11.8 Å². The summed E-state index contributed by atoms with van der Waals surface area (Å²) in [6.07, 6.45) is 0. The minimum absolute atomic E-state index is 0.00435. The third-order valence-corrected chi connectivity index (χ3v) is 2.13. The third-order valence-electron chi connectivity index (χ3n) is 2.13. The Morgan fingerprint density at radius 3 is 2.13 bits per heavy atom. The van der Waals surface area contributed by atoms with Crippen LogP contribution >= 0.6 is 0 Å². The number of carbonyl (C=O) groups excluding carboxylic acids is 2. The fourth-order valence-electron chi connectivity index (χ4n) is 0.824. The summed E-state index contributed by atoms with van der Waals surface area (Å²) >= 11 is 0. The van der Waals surface area contributed by atoms with Crippen molar-refractivity contribution in [2.45, 2.75) is 26.8 Å². The van der Waals surface area contributed by atoms with Gasteiger partial charge in [-0.2, -0.15) is 0 Å². The fourth-order valence-corrected chi connectivity index (χ4v) is 0.824. The Hall–Kier alpha value is -1.10. The molecule has 0 aromatic rings. The Balaban J connectivity index is 4.11. The predicted molar refractivity (Wildman–Crippen MR) is 59.1 cm³/mol. The van der Waals surface area contributed by atoms with E-state index in [1.54, 1.807) is 14.1 Å². The molecule has 0 saturated carbocycles. The highest BCUT2D eigenvalue weighted by molar-refractivity contribution is 5.87. The summed E-state index contributed by atoms with van der Waals surface area (Å²) in [5.41, 5.74) is 5.42. The number of nitrogens with zero attached hydrogens (tertiary/aromatic N) is 1. The van der Waals surface area contributed by atoms with E-state index in [2.05, 4.69) is 5.32 Å². The molecule has 1 unspecified atom stereocenters. The smallest absolute Gasteiger partial charge is 0.241 e. The maximum Gasteiger partial charge on any atom is 0.241 e. The summed E-state index contributed by atoms with van der Waals surface area (Å²) in [5.74, 6) is -0.442. The molecule has 0 rings (SSSR count). The molecular formula is C10H21N3O2. The van der Waals surface area contributed by atoms with E-state index in [1.165, 1.54) is 4.90 Å². The summed E-state index contributed by atoms with van der Waals surface area (Å²) in [6.45, 7) is 5.64. The number of amides is 2. The van der Waals surface area contributed by atoms with E-state index in [0.29, 0.717) is 0 Å². The normalized spacial score (nSPS) is 13.2. The summed E-state index contributed by atoms with van der Waals surface area (Å²) in [6, 6.07) is -0.604. The lowest BCUT2D eigenvalue weighted by Gasteiger charge is -2.25. The standard InChI is InChI=1S/C10H21N3O2/c1-10(2,3)8(11)9(15)12-6-7(14)13(4)5/h8H,6,11H2,1-5H3,(H,12,15). The number of carbonyl (C=O) groups is 2. The Labute approximate surface area is 91.0 Å². The van der Waals surface area contributed by atoms with E-state index in [9.17, 15) is 9.59 Å². The molecule has 0 radical (unpaired) electrons. The predicted octanol–water partition coefficient (Wildman–Crippen LogP) is -0.436. The average Bonchev–Trinajstić information content (AvgIpc) is 2.10. The minimum atomic E-state index is -0.604. The third kappa shape index (κ3) is 4.78. The van der Waals surface area contributed by atoms with Gasteiger partial charge in [0, 0.05) is 14.1 Å². The van der Waals surface area contributed by atoms with E-state index in [1.807, 2.05) is 20.8 Å². The first-order chi connectivity index (χ1) is 6.66. The van der Waals surface area contributed by atoms with Gasteiger partial charge < -0.3 is 16.0 Å². The second-order valence-electron chi connectivity index (χ2n) is 4.85. The second-order valence-corrected chi connectivity index (χ2v) is 4.85. The Kier molecular flexibility index (Phi) is 4.74. The van der Waals surface area contributed by atoms with Gasteiger partial charge >= 0.3 is 0 Å². The number of hydrogen-bond donors (Lipinski definition) is 2. The Bertz CT molecular complexity index is 244. The maximum absolute atomic E-state index is 11.5. The summed E-state index contributed by atoms with van der Waals surface area (Å²) in [4.78, 5) is 24.1. The van der Waals surface area contributed by atoms with Gasteiger partial charge in [0.25, 0.3) is 0 Å². The molecule has 0 saturated heterocycles. The van der Waals surface area contributed by atoms with Crippen LogP contribution in [0.4, 0.5) is 0 Å². The molecule has 88 valence electrons. The molecule has 15 heavy (non-hydrogen) atoms. The van der Waals surface area contributed by atoms with Gasteiger partial charge in [-0.1, -0.05) is 20.8 Å². The van der Waals surface area contributed by atoms with Crippen LogP contribution in [0.15, 0.2) is 0 Å². The molecule has 3 N–H and O–H groups in total. The highest BCUT2D eigenvalue weighted by atomic mass is 16.2. The topological polar surface area (TPSA) is 75.4 Å². The molecule has 0 aliphatic rings. The van der Waals surface area contributed by atoms with Crippen LogP contribution in [0.3, 0.4) is 0 Å². The molecule has 0 heterocycles. The zero-order valence-corrected chi connectivity index (χ0v) is 10.1. The van der Waals surface area contributed by atoms with Crippen molar-refractivity contribution in [1.82, 2.24) is 10.2 Å². The second kappa shape index (κ2) is 5.11. The molecule has 1 atom stereocenters. The monoisotopic (exact) mass is 215 g/mol. The van der Waals surface area contributed by atoms with E-state index in [0.717, 1.165) is 0 Å². The zero-order chi connectivity index (χ0) is 12.2. The summed E-state index contributed by atoms with van der Waals surface area (Å²) < 4.78 is 0. The number of nitrogens with two attached hydrogens (primary N) is 1. The molecule has 0 aromatic heterocycles. The molecule has 0 aliphatic heterocycles. The molecule has 0 aliphatic carbocycles. The van der Waals surface area contributed by atoms with Crippen LogP contribution in [0.2, 0.25) is 0 Å². The van der Waals surface area contributed by atoms with E-state index in [-0.39, 0.29) is 23.8 Å². The van der Waals surface area contributed by atoms with Gasteiger partial charge in [-0.25, -0.2) is 0 Å². The van der Waals surface area contributed by atoms with Gasteiger partial charge in [-0.3, -0.25) is 9.59 Å². The first kappa shape index (κ1) is 13.9. The molecule has 5 heteroatoms. The van der Waals surface area contributed by atoms with Gasteiger partial charge in [0.2, 0.25) is 11.8 Å². The Morgan fingerprint density at radius 2 is 1.80 bits per heavy atom. The highest BCUT2D eigenvalue weighted by Gasteiger charge is 2.27. The van der Waals surface area contributed by atoms with Crippen molar-refractivity contribution in [3.8, 4) is 0 Å². The average molecular weight is 215 g/mol. The van der Waals surface area contributed by atoms with Gasteiger partial charge in [0.1, 0.15) is 0 Å². The minimum Gasteiger partial charge on any atom is -0.347 e. The van der Waals surface area contributed by atoms with Gasteiger partial charge in [0.15, 0.2) is 0 Å². The molecule has 0 spiro atoms. The van der Waals surface area contributed by atoms with E-state index >= 15 is 0 Å². The first-order valence-electron chi connectivity index (χ1n) is 4.89. The zero-order valence-electron chi connectivity index (χ0n) is 10.1. The summed E-state index contributed by atoms with van der Waals surface area (Å²) in [7, 11) is 3.27. The number of nitrogens with one attached hydrogen (secondary N) is 1. The van der Waals surface area contributed by atoms with Crippen molar-refractivity contribution in [2.75, 3.05) is 20.6 Å². The molecule has 0 fully saturated rings. The highest BCUT2D eigenvalue weighted by Crippen LogP contribution is 2.16. The van der Waals surface area contributed by atoms with Crippen LogP contribution in [0.1, 0.15) is 20.8 Å². The van der Waals surface area contributed by atoms with Crippen LogP contribution in [0.25, 0.3) is 0 Å². The van der Waals surface area contributed by atoms with Gasteiger partial charge in [-0.05, 0) is 5.41 Å². The van der Waals surface area contributed by atoms with Gasteiger partial charge in [0.05, 0.1) is 12.6 Å². The maximum atomic E-state index is 11.5. The van der Waals surface area contributed by atoms with Crippen molar-refractivity contribution < 1.29 is 9.59 Å². The fraction of sp³-hybridized carbons (Fsp3) is 0.800. The van der Waals surface area contributed by atoms with Crippen LogP contribution in [0, 0.1) is 5.41 Å². The SMILES string of the molecule is CN(C)C(=O)CNC(=O)C(N)C(C)(C)C. The quantitative estimate of drug-likeness (QED) is 0.670. The van der Waals surface area contributed by atoms with Crippen molar-refractivity contribution in [1.29, 1.82) is 0 Å². The molecule has 5 nitrogen and oxygen atoms in total. The lowest BCUT2D eigenvalue weighted by atomic mass is 9.87. The van der Waals surface area contributed by atoms with Gasteiger partial charge in [-0.15, -0.1) is 0 Å². The molecular weight excluding hydrogens is 194 g/mol. The number of likely N-dealkylation sites (N-methyl/N-ethyl adjacent to an activating group) is 1. The number of hydrogen-bond acceptors (Lipinski definition) is 3. The molecule has 2 amide bonds. The Morgan fingerprint density at radius 1 is 1.33 bits per heavy atom. The van der Waals surface area contributed by atoms with Crippen molar-refractivity contribution in [3.63, 3.8) is 0 Å². The van der Waals surface area contributed by atoms with Crippen LogP contribution < -0.4 is 11.1 Å². The van der Waals surface area contributed by atoms with Crippen LogP contribution in [-0.4, -0.2) is 43.4 Å².